The van der Waals surface area contributed by atoms with Crippen molar-refractivity contribution < 1.29 is 45.9 Å². The Bertz CT molecular complexity index is 1520. The maximum Gasteiger partial charge on any atom is 0.387 e. The van der Waals surface area contributed by atoms with Gasteiger partial charge in [-0.3, -0.25) is 0 Å². The third kappa shape index (κ3) is 8.90. The van der Waals surface area contributed by atoms with Gasteiger partial charge in [0.15, 0.2) is 23.9 Å². The molecule has 0 aliphatic heterocycles. The molecule has 1 atom stereocenters. The number of ether oxygens (including phenoxy) is 4. The van der Waals surface area contributed by atoms with E-state index in [1.165, 1.54) is 49.8 Å². The minimum atomic E-state index is -3.48. The highest BCUT2D eigenvalue weighted by atomic mass is 35.5. The van der Waals surface area contributed by atoms with E-state index in [1.54, 1.807) is 6.07 Å². The van der Waals surface area contributed by atoms with Gasteiger partial charge >= 0.3 is 12.6 Å². The number of hydrogen-bond donors (Lipinski definition) is 1. The molecule has 1 aromatic heterocycles. The fourth-order valence-corrected chi connectivity index (χ4v) is 5.00. The predicted octanol–water partition coefficient (Wildman–Crippen LogP) is 5.40. The van der Waals surface area contributed by atoms with Gasteiger partial charge in [-0.25, -0.2) is 22.9 Å². The van der Waals surface area contributed by atoms with E-state index in [4.69, 9.17) is 37.4 Å². The molecule has 9 nitrogen and oxygen atoms in total. The Morgan fingerprint density at radius 3 is 2.38 bits per heavy atom. The van der Waals surface area contributed by atoms with E-state index in [2.05, 4.69) is 14.4 Å². The van der Waals surface area contributed by atoms with Crippen LogP contribution in [0.25, 0.3) is 0 Å². The SMILES string of the molecule is COc1ccc(CNS(C)(=O)=O)cc1C(=O)O[C@@H](Cc1c(Cl)c[nH+]cc1Cl)c1ccc(OC(F)F)c(OCC2CC2)c1. The molecule has 226 valence electrons. The third-order valence-corrected chi connectivity index (χ3v) is 7.73. The molecule has 0 amide bonds. The van der Waals surface area contributed by atoms with Crippen molar-refractivity contribution in [2.75, 3.05) is 20.0 Å². The summed E-state index contributed by atoms with van der Waals surface area (Å²) >= 11 is 12.8. The summed E-state index contributed by atoms with van der Waals surface area (Å²) in [5.41, 5.74) is 1.40. The van der Waals surface area contributed by atoms with Gasteiger partial charge in [-0.15, -0.1) is 0 Å². The van der Waals surface area contributed by atoms with Crippen LogP contribution in [0.15, 0.2) is 48.8 Å². The zero-order valence-electron chi connectivity index (χ0n) is 22.7. The van der Waals surface area contributed by atoms with Gasteiger partial charge in [0, 0.05) is 18.5 Å². The lowest BCUT2D eigenvalue weighted by Crippen LogP contribution is -2.21. The van der Waals surface area contributed by atoms with Crippen molar-refractivity contribution in [3.8, 4) is 17.2 Å². The number of pyridine rings is 1. The summed E-state index contributed by atoms with van der Waals surface area (Å²) in [7, 11) is -2.11. The molecule has 42 heavy (non-hydrogen) atoms. The zero-order chi connectivity index (χ0) is 30.4. The summed E-state index contributed by atoms with van der Waals surface area (Å²) < 4.78 is 73.5. The molecule has 1 aliphatic carbocycles. The number of nitrogens with one attached hydrogen (secondary N) is 2. The number of methoxy groups -OCH3 is 1. The minimum absolute atomic E-state index is 0.0207. The first kappa shape index (κ1) is 31.7. The Balaban J connectivity index is 1.70. The van der Waals surface area contributed by atoms with Crippen LogP contribution in [0.3, 0.4) is 0 Å². The topological polar surface area (TPSA) is 114 Å². The van der Waals surface area contributed by atoms with E-state index in [1.807, 2.05) is 0 Å². The molecule has 1 saturated carbocycles. The number of aromatic nitrogens is 1. The quantitative estimate of drug-likeness (QED) is 0.234. The molecule has 1 aliphatic rings. The fourth-order valence-electron chi connectivity index (χ4n) is 4.04. The van der Waals surface area contributed by atoms with E-state index in [0.717, 1.165) is 19.1 Å². The van der Waals surface area contributed by atoms with E-state index < -0.39 is 28.7 Å². The van der Waals surface area contributed by atoms with E-state index >= 15 is 0 Å². The van der Waals surface area contributed by atoms with Gasteiger partial charge in [0.05, 0.1) is 20.0 Å². The van der Waals surface area contributed by atoms with Crippen molar-refractivity contribution in [1.82, 2.24) is 4.72 Å². The van der Waals surface area contributed by atoms with Crippen LogP contribution in [0, 0.1) is 5.92 Å². The molecular formula is C28H29Cl2F2N2O7S+. The highest BCUT2D eigenvalue weighted by molar-refractivity contribution is 7.88. The molecule has 0 radical (unpaired) electrons. The Labute approximate surface area is 252 Å². The Kier molecular flexibility index (Phi) is 10.5. The second-order valence-electron chi connectivity index (χ2n) is 9.69. The minimum Gasteiger partial charge on any atom is -0.496 e. The maximum absolute atomic E-state index is 13.6. The highest BCUT2D eigenvalue weighted by Gasteiger charge is 2.27. The average molecular weight is 647 g/mol. The molecular weight excluding hydrogens is 617 g/mol. The van der Waals surface area contributed by atoms with Crippen LogP contribution in [-0.4, -0.2) is 41.0 Å². The summed E-state index contributed by atoms with van der Waals surface area (Å²) in [4.78, 5) is 16.4. The summed E-state index contributed by atoms with van der Waals surface area (Å²) in [6.45, 7) is -2.81. The number of rotatable bonds is 14. The first-order valence-electron chi connectivity index (χ1n) is 12.8. The summed E-state index contributed by atoms with van der Waals surface area (Å²) in [6, 6.07) is 8.88. The van der Waals surface area contributed by atoms with Gasteiger partial charge in [0.1, 0.15) is 27.5 Å². The van der Waals surface area contributed by atoms with E-state index in [0.29, 0.717) is 29.2 Å². The third-order valence-electron chi connectivity index (χ3n) is 6.38. The lowest BCUT2D eigenvalue weighted by atomic mass is 10.0. The first-order valence-corrected chi connectivity index (χ1v) is 15.5. The van der Waals surface area contributed by atoms with Crippen molar-refractivity contribution >= 4 is 39.2 Å². The monoisotopic (exact) mass is 645 g/mol. The standard InChI is InChI=1S/C28H28Cl2F2N2O7S/c1-38-23-7-5-17(12-34-42(2,36)37)9-20(23)27(35)40-25(11-19-21(29)13-33-14-22(19)30)18-6-8-24(41-28(31)32)26(10-18)39-15-16-3-4-16/h5-10,13-14,16,25,28,34H,3-4,11-12,15H2,1-2H3/p+1/t25-/m0/s1. The number of alkyl halides is 2. The summed E-state index contributed by atoms with van der Waals surface area (Å²) in [6.07, 6.45) is 5.03. The largest absolute Gasteiger partial charge is 0.496 e. The van der Waals surface area contributed by atoms with Crippen molar-refractivity contribution in [2.24, 2.45) is 5.92 Å². The van der Waals surface area contributed by atoms with Crippen LogP contribution in [0.5, 0.6) is 17.2 Å². The molecule has 3 aromatic rings. The average Bonchev–Trinajstić information content (AvgIpc) is 3.76. The van der Waals surface area contributed by atoms with E-state index in [9.17, 15) is 22.0 Å². The molecule has 2 aromatic carbocycles. The number of carbonyl (C=O) groups is 1. The van der Waals surface area contributed by atoms with Crippen LogP contribution in [0.1, 0.15) is 46.0 Å². The van der Waals surface area contributed by atoms with Gasteiger partial charge in [-0.05, 0) is 54.2 Å². The number of esters is 1. The van der Waals surface area contributed by atoms with Crippen LogP contribution in [-0.2, 0) is 27.7 Å². The zero-order valence-corrected chi connectivity index (χ0v) is 25.0. The summed E-state index contributed by atoms with van der Waals surface area (Å²) in [5, 5.41) is 0.579. The van der Waals surface area contributed by atoms with Gasteiger partial charge in [-0.1, -0.05) is 35.3 Å². The number of hydrogen-bond acceptors (Lipinski definition) is 7. The maximum atomic E-state index is 13.6. The van der Waals surface area contributed by atoms with Gasteiger partial charge < -0.3 is 18.9 Å². The number of halogens is 4. The second kappa shape index (κ2) is 13.9. The van der Waals surface area contributed by atoms with Gasteiger partial charge in [-0.2, -0.15) is 8.78 Å². The molecule has 4 rings (SSSR count). The number of H-pyrrole nitrogens is 1. The predicted molar refractivity (Wildman–Crippen MR) is 151 cm³/mol. The molecule has 0 unspecified atom stereocenters. The van der Waals surface area contributed by atoms with Gasteiger partial charge in [0.25, 0.3) is 0 Å². The van der Waals surface area contributed by atoms with Crippen molar-refractivity contribution in [1.29, 1.82) is 0 Å². The first-order chi connectivity index (χ1) is 19.9. The Morgan fingerprint density at radius 2 is 1.76 bits per heavy atom. The Morgan fingerprint density at radius 1 is 1.07 bits per heavy atom. The van der Waals surface area contributed by atoms with Crippen molar-refractivity contribution in [3.63, 3.8) is 0 Å². The van der Waals surface area contributed by atoms with Crippen molar-refractivity contribution in [2.45, 2.75) is 38.5 Å². The molecule has 0 saturated heterocycles. The smallest absolute Gasteiger partial charge is 0.387 e. The molecule has 1 fully saturated rings. The lowest BCUT2D eigenvalue weighted by molar-refractivity contribution is -0.377. The molecule has 1 heterocycles. The number of carbonyl (C=O) groups excluding carboxylic acids is 1. The van der Waals surface area contributed by atoms with Gasteiger partial charge in [0.2, 0.25) is 10.0 Å². The fraction of sp³-hybridized carbons (Fsp3) is 0.357. The number of aromatic amines is 1. The Hall–Kier alpha value is -3.19. The summed E-state index contributed by atoms with van der Waals surface area (Å²) in [5.74, 6) is -0.345. The van der Waals surface area contributed by atoms with Crippen LogP contribution in [0.2, 0.25) is 10.0 Å². The molecule has 0 spiro atoms. The normalized spacial score (nSPS) is 14.0. The second-order valence-corrected chi connectivity index (χ2v) is 12.3. The number of sulfonamides is 1. The molecule has 0 bridgehead atoms. The number of benzene rings is 2. The van der Waals surface area contributed by atoms with Crippen LogP contribution in [0.4, 0.5) is 8.78 Å². The van der Waals surface area contributed by atoms with Crippen LogP contribution < -0.4 is 23.9 Å². The molecule has 14 heteroatoms. The lowest BCUT2D eigenvalue weighted by Gasteiger charge is -2.22. The highest BCUT2D eigenvalue weighted by Crippen LogP contribution is 2.38. The van der Waals surface area contributed by atoms with Crippen molar-refractivity contribution in [3.05, 3.63) is 81.1 Å². The molecule has 2 N–H and O–H groups in total. The van der Waals surface area contributed by atoms with Crippen LogP contribution >= 0.6 is 23.2 Å². The van der Waals surface area contributed by atoms with E-state index in [-0.39, 0.29) is 45.8 Å².